The summed E-state index contributed by atoms with van der Waals surface area (Å²) in [7, 11) is 0. The molecule has 0 saturated carbocycles. The number of carbonyl (C=O) groups is 1. The zero-order valence-corrected chi connectivity index (χ0v) is 26.1. The number of nitrogens with one attached hydrogen (secondary N) is 1. The van der Waals surface area contributed by atoms with Crippen LogP contribution in [0.1, 0.15) is 36.5 Å². The molecular formula is C32H27F3N6O2S2. The van der Waals surface area contributed by atoms with Gasteiger partial charge in [0.25, 0.3) is 0 Å². The van der Waals surface area contributed by atoms with E-state index in [9.17, 15) is 18.0 Å². The predicted molar refractivity (Wildman–Crippen MR) is 174 cm³/mol. The number of hydrogen-bond acceptors (Lipinski definition) is 6. The number of benzene rings is 3. The number of rotatable bonds is 6. The molecule has 0 atom stereocenters. The van der Waals surface area contributed by atoms with Gasteiger partial charge in [0.15, 0.2) is 16.1 Å². The van der Waals surface area contributed by atoms with Gasteiger partial charge in [0, 0.05) is 11.1 Å². The molecule has 1 N–H and O–H groups in total. The van der Waals surface area contributed by atoms with Crippen LogP contribution < -0.4 is 15.0 Å². The smallest absolute Gasteiger partial charge is 0.406 e. The van der Waals surface area contributed by atoms with Crippen molar-refractivity contribution in [2.75, 3.05) is 17.2 Å². The molecule has 3 aromatic carbocycles. The van der Waals surface area contributed by atoms with E-state index >= 15 is 0 Å². The molecule has 230 valence electrons. The molecule has 1 saturated heterocycles. The van der Waals surface area contributed by atoms with Crippen molar-refractivity contribution in [3.63, 3.8) is 0 Å². The number of aryl methyl sites for hydroxylation is 1. The first-order chi connectivity index (χ1) is 21.5. The number of halogens is 3. The van der Waals surface area contributed by atoms with E-state index in [1.54, 1.807) is 4.90 Å². The lowest BCUT2D eigenvalue weighted by molar-refractivity contribution is -0.274. The molecule has 5 rings (SSSR count). The van der Waals surface area contributed by atoms with Gasteiger partial charge in [-0.05, 0) is 90.8 Å². The number of hydrogen-bond donors (Lipinski definition) is 1. The number of aliphatic imine (C=N–C) groups is 1. The van der Waals surface area contributed by atoms with Crippen LogP contribution in [0, 0.1) is 18.8 Å². The van der Waals surface area contributed by atoms with Crippen molar-refractivity contribution in [1.82, 2.24) is 20.1 Å². The predicted octanol–water partition coefficient (Wildman–Crippen LogP) is 6.63. The molecule has 0 spiro atoms. The highest BCUT2D eigenvalue weighted by Crippen LogP contribution is 2.34. The number of aromatic nitrogens is 3. The van der Waals surface area contributed by atoms with E-state index in [-0.39, 0.29) is 29.2 Å². The Kier molecular flexibility index (Phi) is 9.55. The monoisotopic (exact) mass is 648 g/mol. The molecule has 1 aliphatic heterocycles. The fourth-order valence-corrected chi connectivity index (χ4v) is 5.52. The summed E-state index contributed by atoms with van der Waals surface area (Å²) < 4.78 is 42.6. The van der Waals surface area contributed by atoms with Crippen molar-refractivity contribution >= 4 is 45.9 Å². The van der Waals surface area contributed by atoms with Gasteiger partial charge in [0.2, 0.25) is 5.91 Å². The van der Waals surface area contributed by atoms with Crippen LogP contribution >= 0.6 is 24.0 Å². The summed E-state index contributed by atoms with van der Waals surface area (Å²) >= 11 is 6.78. The molecule has 4 aromatic rings. The maximum atomic E-state index is 12.8. The van der Waals surface area contributed by atoms with E-state index in [1.807, 2.05) is 49.4 Å². The molecule has 0 radical (unpaired) electrons. The number of amides is 1. The Hall–Kier alpha value is -4.67. The van der Waals surface area contributed by atoms with Crippen LogP contribution in [0.4, 0.5) is 18.9 Å². The zero-order valence-electron chi connectivity index (χ0n) is 24.4. The number of thiocarbonyl (C=S) groups is 1. The average Bonchev–Trinajstić information content (AvgIpc) is 3.62. The molecule has 0 unspecified atom stereocenters. The summed E-state index contributed by atoms with van der Waals surface area (Å²) in [6.07, 6.45) is -3.28. The minimum absolute atomic E-state index is 0.0344. The molecular weight excluding hydrogens is 622 g/mol. The van der Waals surface area contributed by atoms with E-state index in [1.165, 1.54) is 47.0 Å². The third-order valence-corrected chi connectivity index (χ3v) is 7.70. The van der Waals surface area contributed by atoms with E-state index < -0.39 is 6.36 Å². The average molecular weight is 649 g/mol. The third kappa shape index (κ3) is 8.09. The van der Waals surface area contributed by atoms with Crippen LogP contribution in [0.3, 0.4) is 0 Å². The molecule has 8 nitrogen and oxygen atoms in total. The first kappa shape index (κ1) is 31.7. The van der Waals surface area contributed by atoms with Crippen molar-refractivity contribution in [1.29, 1.82) is 0 Å². The lowest BCUT2D eigenvalue weighted by Gasteiger charge is -2.22. The summed E-state index contributed by atoms with van der Waals surface area (Å²) in [6, 6.07) is 18.7. The van der Waals surface area contributed by atoms with Gasteiger partial charge >= 0.3 is 6.36 Å². The number of thioether (sulfide) groups is 1. The molecule has 45 heavy (non-hydrogen) atoms. The molecule has 0 aliphatic carbocycles. The van der Waals surface area contributed by atoms with Gasteiger partial charge in [0.05, 0.1) is 23.7 Å². The Morgan fingerprint density at radius 1 is 1.13 bits per heavy atom. The number of alkyl halides is 3. The molecule has 0 bridgehead atoms. The third-order valence-electron chi connectivity index (χ3n) is 6.54. The second-order valence-electron chi connectivity index (χ2n) is 10.2. The lowest BCUT2D eigenvalue weighted by Crippen LogP contribution is -2.32. The van der Waals surface area contributed by atoms with Crippen molar-refractivity contribution in [3.8, 4) is 34.7 Å². The van der Waals surface area contributed by atoms with Gasteiger partial charge in [-0.3, -0.25) is 9.69 Å². The van der Waals surface area contributed by atoms with Gasteiger partial charge in [-0.15, -0.1) is 18.3 Å². The fourth-order valence-electron chi connectivity index (χ4n) is 4.43. The largest absolute Gasteiger partial charge is 0.573 e. The maximum Gasteiger partial charge on any atom is 0.573 e. The SMILES string of the molecule is Cc1ccc(C(C)C)c(N2C(=O)CSC2=NC(=S)NCC#Cc2ccc(-c3ncn(-c4ccc(OC(F)(F)F)cc4)n3)cc2)c1. The van der Waals surface area contributed by atoms with Crippen LogP contribution in [0.5, 0.6) is 5.75 Å². The minimum Gasteiger partial charge on any atom is -0.406 e. The Balaban J connectivity index is 1.18. The molecule has 2 heterocycles. The van der Waals surface area contributed by atoms with Crippen LogP contribution in [-0.4, -0.2) is 49.6 Å². The minimum atomic E-state index is -4.75. The highest BCUT2D eigenvalue weighted by Gasteiger charge is 2.32. The van der Waals surface area contributed by atoms with Crippen LogP contribution in [0.25, 0.3) is 17.1 Å². The van der Waals surface area contributed by atoms with Crippen LogP contribution in [0.15, 0.2) is 78.0 Å². The van der Waals surface area contributed by atoms with Gasteiger partial charge in [-0.1, -0.05) is 49.6 Å². The summed E-state index contributed by atoms with van der Waals surface area (Å²) in [5.41, 5.74) is 5.00. The number of amidine groups is 1. The first-order valence-corrected chi connectivity index (χ1v) is 15.2. The molecule has 1 fully saturated rings. The topological polar surface area (TPSA) is 84.6 Å². The van der Waals surface area contributed by atoms with Crippen molar-refractivity contribution in [2.24, 2.45) is 4.99 Å². The number of anilines is 1. The highest BCUT2D eigenvalue weighted by atomic mass is 32.2. The normalized spacial score (nSPS) is 14.1. The highest BCUT2D eigenvalue weighted by molar-refractivity contribution is 8.15. The Morgan fingerprint density at radius 2 is 1.87 bits per heavy atom. The summed E-state index contributed by atoms with van der Waals surface area (Å²) in [4.78, 5) is 23.3. The fraction of sp³-hybridized carbons (Fsp3) is 0.219. The number of nitrogens with zero attached hydrogens (tertiary/aromatic N) is 5. The van der Waals surface area contributed by atoms with E-state index in [0.717, 1.165) is 27.9 Å². The molecule has 1 aromatic heterocycles. The summed E-state index contributed by atoms with van der Waals surface area (Å²) in [5.74, 6) is 6.71. The number of carbonyl (C=O) groups excluding carboxylic acids is 1. The van der Waals surface area contributed by atoms with Crippen LogP contribution in [-0.2, 0) is 4.79 Å². The summed E-state index contributed by atoms with van der Waals surface area (Å²) in [5, 5.41) is 8.21. The van der Waals surface area contributed by atoms with Gasteiger partial charge in [-0.25, -0.2) is 9.67 Å². The lowest BCUT2D eigenvalue weighted by atomic mass is 9.99. The number of ether oxygens (including phenoxy) is 1. The van der Waals surface area contributed by atoms with Crippen molar-refractivity contribution in [2.45, 2.75) is 33.1 Å². The van der Waals surface area contributed by atoms with E-state index in [4.69, 9.17) is 12.2 Å². The second kappa shape index (κ2) is 13.5. The van der Waals surface area contributed by atoms with Crippen molar-refractivity contribution in [3.05, 3.63) is 89.7 Å². The zero-order chi connectivity index (χ0) is 32.1. The van der Waals surface area contributed by atoms with E-state index in [0.29, 0.717) is 22.4 Å². The summed E-state index contributed by atoms with van der Waals surface area (Å²) in [6.45, 7) is 6.44. The Labute approximate surface area is 267 Å². The molecule has 1 amide bonds. The molecule has 13 heteroatoms. The van der Waals surface area contributed by atoms with Gasteiger partial charge < -0.3 is 10.1 Å². The van der Waals surface area contributed by atoms with Crippen LogP contribution in [0.2, 0.25) is 0 Å². The van der Waals surface area contributed by atoms with Gasteiger partial charge in [0.1, 0.15) is 12.1 Å². The van der Waals surface area contributed by atoms with Gasteiger partial charge in [-0.2, -0.15) is 4.99 Å². The first-order valence-electron chi connectivity index (χ1n) is 13.8. The Bertz CT molecular complexity index is 1810. The van der Waals surface area contributed by atoms with Crippen molar-refractivity contribution < 1.29 is 22.7 Å². The second-order valence-corrected chi connectivity index (χ2v) is 11.6. The quantitative estimate of drug-likeness (QED) is 0.186. The van der Waals surface area contributed by atoms with E-state index in [2.05, 4.69) is 50.8 Å². The standard InChI is InChI=1S/C32H27F3N6O2S2/c1-20(2)26-15-6-21(3)17-27(26)41-28(42)18-45-31(41)38-30(44)36-16-4-5-22-7-9-23(10-8-22)29-37-19-40(39-29)24-11-13-25(14-12-24)43-32(33,34)35/h6-15,17,19-20H,16,18H2,1-3H3,(H,36,44). The Morgan fingerprint density at radius 3 is 2.56 bits per heavy atom. The molecule has 1 aliphatic rings. The maximum absolute atomic E-state index is 12.8.